The molecule has 0 bridgehead atoms. The van der Waals surface area contributed by atoms with Gasteiger partial charge < -0.3 is 4.90 Å². The summed E-state index contributed by atoms with van der Waals surface area (Å²) < 4.78 is 0. The summed E-state index contributed by atoms with van der Waals surface area (Å²) in [5, 5.41) is 0. The number of hydrogen-bond donors (Lipinski definition) is 0. The van der Waals surface area contributed by atoms with Crippen molar-refractivity contribution in [2.24, 2.45) is 0 Å². The van der Waals surface area contributed by atoms with Gasteiger partial charge in [-0.15, -0.1) is 0 Å². The van der Waals surface area contributed by atoms with Crippen molar-refractivity contribution < 1.29 is 4.79 Å². The van der Waals surface area contributed by atoms with Crippen molar-refractivity contribution in [2.45, 2.75) is 103 Å². The first-order valence-corrected chi connectivity index (χ1v) is 8.75. The number of nitrogens with zero attached hydrogens (tertiary/aromatic N) is 2. The van der Waals surface area contributed by atoms with Gasteiger partial charge in [0, 0.05) is 36.6 Å². The van der Waals surface area contributed by atoms with Crippen LogP contribution in [0.3, 0.4) is 0 Å². The van der Waals surface area contributed by atoms with E-state index in [-0.39, 0.29) is 17.0 Å². The first kappa shape index (κ1) is 16.8. The maximum Gasteiger partial charge on any atom is 0.219 e. The number of carbonyl (C=O) groups excluding carboxylic acids is 1. The fraction of sp³-hybridized carbons (Fsp3) is 0.944. The molecule has 21 heavy (non-hydrogen) atoms. The molecule has 0 aromatic heterocycles. The second kappa shape index (κ2) is 5.91. The van der Waals surface area contributed by atoms with E-state index in [9.17, 15) is 4.79 Å². The highest BCUT2D eigenvalue weighted by molar-refractivity contribution is 5.73. The highest BCUT2D eigenvalue weighted by Gasteiger charge is 2.52. The molecular formula is C18H34N2O. The van der Waals surface area contributed by atoms with Crippen LogP contribution in [0.1, 0.15) is 80.1 Å². The first-order valence-electron chi connectivity index (χ1n) is 8.75. The van der Waals surface area contributed by atoms with Crippen LogP contribution in [-0.4, -0.2) is 45.4 Å². The van der Waals surface area contributed by atoms with Gasteiger partial charge in [-0.3, -0.25) is 9.69 Å². The Morgan fingerprint density at radius 2 is 1.67 bits per heavy atom. The molecule has 0 N–H and O–H groups in total. The molecule has 0 unspecified atom stereocenters. The normalized spacial score (nSPS) is 25.8. The van der Waals surface area contributed by atoms with E-state index >= 15 is 0 Å². The highest BCUT2D eigenvalue weighted by atomic mass is 16.2. The molecule has 122 valence electrons. The van der Waals surface area contributed by atoms with E-state index < -0.39 is 0 Å². The van der Waals surface area contributed by atoms with Crippen LogP contribution in [0, 0.1) is 0 Å². The van der Waals surface area contributed by atoms with Gasteiger partial charge in [-0.2, -0.15) is 0 Å². The Kier molecular flexibility index (Phi) is 4.72. The molecule has 1 amide bonds. The number of amides is 1. The van der Waals surface area contributed by atoms with Gasteiger partial charge in [0.25, 0.3) is 0 Å². The molecule has 0 radical (unpaired) electrons. The summed E-state index contributed by atoms with van der Waals surface area (Å²) in [6, 6.07) is 1.17. The van der Waals surface area contributed by atoms with Gasteiger partial charge in [0.2, 0.25) is 5.91 Å². The zero-order chi connectivity index (χ0) is 15.8. The molecule has 1 saturated heterocycles. The molecule has 1 heterocycles. The van der Waals surface area contributed by atoms with Gasteiger partial charge in [-0.25, -0.2) is 0 Å². The zero-order valence-electron chi connectivity index (χ0n) is 14.9. The van der Waals surface area contributed by atoms with E-state index in [4.69, 9.17) is 0 Å². The molecule has 1 aliphatic carbocycles. The van der Waals surface area contributed by atoms with Gasteiger partial charge in [0.15, 0.2) is 0 Å². The molecule has 1 aliphatic heterocycles. The Bertz CT molecular complexity index is 367. The first-order chi connectivity index (χ1) is 9.69. The summed E-state index contributed by atoms with van der Waals surface area (Å²) >= 11 is 0. The van der Waals surface area contributed by atoms with Gasteiger partial charge in [0.1, 0.15) is 0 Å². The quantitative estimate of drug-likeness (QED) is 0.769. The van der Waals surface area contributed by atoms with Crippen LogP contribution >= 0.6 is 0 Å². The predicted octanol–water partition coefficient (Wildman–Crippen LogP) is 3.82. The highest BCUT2D eigenvalue weighted by Crippen LogP contribution is 2.46. The summed E-state index contributed by atoms with van der Waals surface area (Å²) in [5.41, 5.74) is 0.376. The van der Waals surface area contributed by atoms with Crippen LogP contribution in [-0.2, 0) is 4.79 Å². The predicted molar refractivity (Wildman–Crippen MR) is 88.3 cm³/mol. The Labute approximate surface area is 131 Å². The van der Waals surface area contributed by atoms with E-state index in [0.717, 1.165) is 38.3 Å². The lowest BCUT2D eigenvalue weighted by Crippen LogP contribution is -2.65. The SMILES string of the molecule is CCCCN(C(C)=O)C1CC(C)(C)N(C2CC2)C(C)(C)C1. The molecule has 1 saturated carbocycles. The zero-order valence-corrected chi connectivity index (χ0v) is 14.9. The van der Waals surface area contributed by atoms with Crippen LogP contribution in [0.2, 0.25) is 0 Å². The fourth-order valence-corrected chi connectivity index (χ4v) is 4.71. The minimum atomic E-state index is 0.188. The average Bonchev–Trinajstić information content (AvgIpc) is 3.10. The lowest BCUT2D eigenvalue weighted by atomic mass is 9.76. The monoisotopic (exact) mass is 294 g/mol. The molecule has 0 atom stereocenters. The molecule has 0 spiro atoms. The van der Waals surface area contributed by atoms with Crippen molar-refractivity contribution in [3.8, 4) is 0 Å². The fourth-order valence-electron chi connectivity index (χ4n) is 4.71. The van der Waals surface area contributed by atoms with Gasteiger partial charge in [-0.1, -0.05) is 13.3 Å². The van der Waals surface area contributed by atoms with Crippen LogP contribution in [0.15, 0.2) is 0 Å². The largest absolute Gasteiger partial charge is 0.340 e. The van der Waals surface area contributed by atoms with Crippen molar-refractivity contribution in [1.82, 2.24) is 9.80 Å². The summed E-state index contributed by atoms with van der Waals surface area (Å²) in [4.78, 5) is 17.0. The second-order valence-electron chi connectivity index (χ2n) is 8.35. The third-order valence-electron chi connectivity index (χ3n) is 5.28. The maximum atomic E-state index is 12.1. The average molecular weight is 294 g/mol. The van der Waals surface area contributed by atoms with E-state index in [1.54, 1.807) is 6.92 Å². The van der Waals surface area contributed by atoms with Crippen LogP contribution in [0.25, 0.3) is 0 Å². The number of rotatable bonds is 5. The standard InChI is InChI=1S/C18H34N2O/c1-7-8-11-19(14(2)21)16-12-17(3,4)20(15-9-10-15)18(5,6)13-16/h15-16H,7-13H2,1-6H3. The van der Waals surface area contributed by atoms with E-state index in [1.807, 2.05) is 0 Å². The minimum absolute atomic E-state index is 0.188. The summed E-state index contributed by atoms with van der Waals surface area (Å²) in [6.07, 6.45) is 7.18. The van der Waals surface area contributed by atoms with Gasteiger partial charge >= 0.3 is 0 Å². The van der Waals surface area contributed by atoms with E-state index in [2.05, 4.69) is 44.4 Å². The topological polar surface area (TPSA) is 23.6 Å². The molecular weight excluding hydrogens is 260 g/mol. The van der Waals surface area contributed by atoms with Crippen LogP contribution in [0.4, 0.5) is 0 Å². The van der Waals surface area contributed by atoms with Gasteiger partial charge in [0.05, 0.1) is 0 Å². The smallest absolute Gasteiger partial charge is 0.219 e. The third-order valence-corrected chi connectivity index (χ3v) is 5.28. The number of piperidine rings is 1. The summed E-state index contributed by atoms with van der Waals surface area (Å²) in [7, 11) is 0. The van der Waals surface area contributed by atoms with Crippen molar-refractivity contribution >= 4 is 5.91 Å². The number of unbranched alkanes of at least 4 members (excludes halogenated alkanes) is 1. The molecule has 3 nitrogen and oxygen atoms in total. The van der Waals surface area contributed by atoms with Crippen LogP contribution in [0.5, 0.6) is 0 Å². The molecule has 0 aromatic rings. The van der Waals surface area contributed by atoms with E-state index in [0.29, 0.717) is 6.04 Å². The Balaban J connectivity index is 2.17. The summed E-state index contributed by atoms with van der Waals surface area (Å²) in [6.45, 7) is 14.3. The van der Waals surface area contributed by atoms with Crippen LogP contribution < -0.4 is 0 Å². The van der Waals surface area contributed by atoms with Crippen molar-refractivity contribution in [3.05, 3.63) is 0 Å². The third kappa shape index (κ3) is 3.61. The lowest BCUT2D eigenvalue weighted by Gasteiger charge is -2.57. The molecule has 3 heteroatoms. The number of likely N-dealkylation sites (tertiary alicyclic amines) is 1. The number of hydrogen-bond acceptors (Lipinski definition) is 2. The Morgan fingerprint density at radius 3 is 2.05 bits per heavy atom. The van der Waals surface area contributed by atoms with Crippen molar-refractivity contribution in [2.75, 3.05) is 6.54 Å². The maximum absolute atomic E-state index is 12.1. The second-order valence-corrected chi connectivity index (χ2v) is 8.35. The molecule has 0 aromatic carbocycles. The van der Waals surface area contributed by atoms with Crippen molar-refractivity contribution in [3.63, 3.8) is 0 Å². The van der Waals surface area contributed by atoms with Crippen molar-refractivity contribution in [1.29, 1.82) is 0 Å². The van der Waals surface area contributed by atoms with Gasteiger partial charge in [-0.05, 0) is 59.8 Å². The Morgan fingerprint density at radius 1 is 1.14 bits per heavy atom. The molecule has 2 rings (SSSR count). The Hall–Kier alpha value is -0.570. The van der Waals surface area contributed by atoms with E-state index in [1.165, 1.54) is 12.8 Å². The minimum Gasteiger partial charge on any atom is -0.340 e. The molecule has 2 fully saturated rings. The molecule has 2 aliphatic rings. The summed E-state index contributed by atoms with van der Waals surface area (Å²) in [5.74, 6) is 0.250. The number of carbonyl (C=O) groups is 1. The lowest BCUT2D eigenvalue weighted by molar-refractivity contribution is -0.137.